The fourth-order valence-corrected chi connectivity index (χ4v) is 5.48. The van der Waals surface area contributed by atoms with E-state index in [1.54, 1.807) is 0 Å². The Morgan fingerprint density at radius 3 is 2.23 bits per heavy atom. The van der Waals surface area contributed by atoms with Crippen LogP contribution in [0, 0.1) is 5.41 Å². The third kappa shape index (κ3) is 3.85. The summed E-state index contributed by atoms with van der Waals surface area (Å²) in [6.45, 7) is 0. The first kappa shape index (κ1) is 22.9. The number of benzene rings is 6. The van der Waals surface area contributed by atoms with Crippen LogP contribution in [0.1, 0.15) is 11.1 Å². The first-order chi connectivity index (χ1) is 19.2. The van der Waals surface area contributed by atoms with E-state index >= 15 is 0 Å². The number of rotatable bonds is 3. The summed E-state index contributed by atoms with van der Waals surface area (Å²) < 4.78 is 6.54. The number of hydrogen-bond donors (Lipinski definition) is 2. The third-order valence-corrected chi connectivity index (χ3v) is 7.33. The van der Waals surface area contributed by atoms with Gasteiger partial charge in [0.25, 0.3) is 0 Å². The molecule has 0 fully saturated rings. The normalized spacial score (nSPS) is 12.0. The summed E-state index contributed by atoms with van der Waals surface area (Å²) in [5, 5.41) is 18.7. The van der Waals surface area contributed by atoms with Crippen LogP contribution in [-0.2, 0) is 0 Å². The largest absolute Gasteiger partial charge is 0.455 e. The van der Waals surface area contributed by atoms with Gasteiger partial charge in [0.1, 0.15) is 17.0 Å². The van der Waals surface area contributed by atoms with E-state index in [4.69, 9.17) is 14.8 Å². The summed E-state index contributed by atoms with van der Waals surface area (Å²) in [6.07, 6.45) is 0. The quantitative estimate of drug-likeness (QED) is 0.187. The number of para-hydroxylation sites is 1. The van der Waals surface area contributed by atoms with Crippen LogP contribution in [0.5, 0.6) is 0 Å². The molecule has 1 heterocycles. The minimum absolute atomic E-state index is 0.175. The Kier molecular flexibility index (Phi) is 5.45. The summed E-state index contributed by atoms with van der Waals surface area (Å²) in [5.41, 5.74) is 5.42. The Labute approximate surface area is 225 Å². The molecular weight excluding hydrogens is 478 g/mol. The summed E-state index contributed by atoms with van der Waals surface area (Å²) >= 11 is 0. The van der Waals surface area contributed by atoms with E-state index in [1.807, 2.05) is 61.6 Å². The van der Waals surface area contributed by atoms with E-state index in [2.05, 4.69) is 72.0 Å². The van der Waals surface area contributed by atoms with Crippen molar-refractivity contribution < 1.29 is 4.42 Å². The SMILES string of the molecule is CN/C(=N\C(=N)c1cc2oc3c(-c4ccccc4)cccc3c2c2ccccc12)c1ccc2ccccc2c1. The van der Waals surface area contributed by atoms with E-state index in [0.717, 1.165) is 60.4 Å². The van der Waals surface area contributed by atoms with Crippen LogP contribution in [0.4, 0.5) is 0 Å². The van der Waals surface area contributed by atoms with Gasteiger partial charge < -0.3 is 9.73 Å². The first-order valence-electron chi connectivity index (χ1n) is 13.0. The highest BCUT2D eigenvalue weighted by Gasteiger charge is 2.18. The number of furan rings is 1. The summed E-state index contributed by atoms with van der Waals surface area (Å²) in [5.74, 6) is 0.820. The van der Waals surface area contributed by atoms with Gasteiger partial charge in [-0.25, -0.2) is 4.99 Å². The average molecular weight is 504 g/mol. The van der Waals surface area contributed by atoms with Crippen LogP contribution < -0.4 is 5.32 Å². The maximum Gasteiger partial charge on any atom is 0.154 e. The van der Waals surface area contributed by atoms with Crippen molar-refractivity contribution in [3.05, 3.63) is 132 Å². The molecule has 0 aliphatic rings. The van der Waals surface area contributed by atoms with Crippen LogP contribution in [0.15, 0.2) is 131 Å². The fourth-order valence-electron chi connectivity index (χ4n) is 5.48. The van der Waals surface area contributed by atoms with Crippen molar-refractivity contribution in [1.82, 2.24) is 5.32 Å². The van der Waals surface area contributed by atoms with Crippen molar-refractivity contribution in [2.75, 3.05) is 7.05 Å². The summed E-state index contributed by atoms with van der Waals surface area (Å²) in [7, 11) is 1.84. The van der Waals surface area contributed by atoms with Crippen molar-refractivity contribution in [3.8, 4) is 11.1 Å². The number of amidine groups is 2. The Morgan fingerprint density at radius 1 is 0.692 bits per heavy atom. The maximum absolute atomic E-state index is 9.08. The first-order valence-corrected chi connectivity index (χ1v) is 13.0. The standard InChI is InChI=1S/C35H25N3O/c1-37-35(25-19-18-22-10-5-6-13-24(22)20-25)38-34(36)30-21-31-32(28-15-8-7-14-27(28)30)29-17-9-16-26(33(29)39-31)23-11-3-2-4-12-23/h2-21H,1H3,(H2,36,37,38). The molecule has 39 heavy (non-hydrogen) atoms. The molecule has 0 saturated carbocycles. The highest BCUT2D eigenvalue weighted by molar-refractivity contribution is 6.26. The molecule has 6 aromatic carbocycles. The van der Waals surface area contributed by atoms with Gasteiger partial charge in [0.05, 0.1) is 0 Å². The van der Waals surface area contributed by atoms with Gasteiger partial charge in [0.2, 0.25) is 0 Å². The molecule has 7 rings (SSSR count). The van der Waals surface area contributed by atoms with Crippen LogP contribution in [0.25, 0.3) is 54.6 Å². The molecule has 0 saturated heterocycles. The van der Waals surface area contributed by atoms with Gasteiger partial charge in [-0.15, -0.1) is 0 Å². The number of aliphatic imine (C=N–C) groups is 1. The summed E-state index contributed by atoms with van der Waals surface area (Å²) in [4.78, 5) is 4.77. The number of nitrogens with one attached hydrogen (secondary N) is 2. The predicted octanol–water partition coefficient (Wildman–Crippen LogP) is 8.55. The van der Waals surface area contributed by atoms with Gasteiger partial charge in [0, 0.05) is 34.5 Å². The molecule has 4 heteroatoms. The van der Waals surface area contributed by atoms with Crippen LogP contribution >= 0.6 is 0 Å². The van der Waals surface area contributed by atoms with Crippen molar-refractivity contribution >= 4 is 55.2 Å². The molecule has 0 aliphatic carbocycles. The second kappa shape index (κ2) is 9.26. The molecule has 0 unspecified atom stereocenters. The Hall–Kier alpha value is -5.22. The number of fused-ring (bicyclic) bond motifs is 6. The lowest BCUT2D eigenvalue weighted by molar-refractivity contribution is 0.670. The van der Waals surface area contributed by atoms with Gasteiger partial charge in [-0.3, -0.25) is 5.41 Å². The Morgan fingerprint density at radius 2 is 1.41 bits per heavy atom. The molecule has 0 amide bonds. The monoisotopic (exact) mass is 503 g/mol. The highest BCUT2D eigenvalue weighted by atomic mass is 16.3. The smallest absolute Gasteiger partial charge is 0.154 e. The van der Waals surface area contributed by atoms with Crippen LogP contribution in [-0.4, -0.2) is 18.7 Å². The van der Waals surface area contributed by atoms with E-state index in [-0.39, 0.29) is 5.84 Å². The van der Waals surface area contributed by atoms with E-state index < -0.39 is 0 Å². The molecule has 0 spiro atoms. The Balaban J connectivity index is 1.41. The van der Waals surface area contributed by atoms with E-state index in [1.165, 1.54) is 5.39 Å². The van der Waals surface area contributed by atoms with E-state index in [0.29, 0.717) is 5.84 Å². The lowest BCUT2D eigenvalue weighted by Crippen LogP contribution is -2.21. The van der Waals surface area contributed by atoms with Crippen molar-refractivity contribution in [3.63, 3.8) is 0 Å². The lowest BCUT2D eigenvalue weighted by Gasteiger charge is -2.10. The molecule has 4 nitrogen and oxygen atoms in total. The minimum atomic E-state index is 0.175. The lowest BCUT2D eigenvalue weighted by atomic mass is 9.97. The molecule has 7 aromatic rings. The van der Waals surface area contributed by atoms with Crippen molar-refractivity contribution in [2.45, 2.75) is 0 Å². The second-order valence-corrected chi connectivity index (χ2v) is 9.61. The van der Waals surface area contributed by atoms with Gasteiger partial charge in [0.15, 0.2) is 5.84 Å². The molecule has 0 radical (unpaired) electrons. The summed E-state index contributed by atoms with van der Waals surface area (Å²) in [6, 6.07) is 41.2. The Bertz CT molecular complexity index is 2070. The van der Waals surface area contributed by atoms with Crippen molar-refractivity contribution in [2.24, 2.45) is 4.99 Å². The average Bonchev–Trinajstić information content (AvgIpc) is 3.38. The van der Waals surface area contributed by atoms with Crippen LogP contribution in [0.2, 0.25) is 0 Å². The minimum Gasteiger partial charge on any atom is -0.455 e. The van der Waals surface area contributed by atoms with Crippen molar-refractivity contribution in [1.29, 1.82) is 5.41 Å². The molecule has 186 valence electrons. The van der Waals surface area contributed by atoms with Gasteiger partial charge in [-0.2, -0.15) is 0 Å². The second-order valence-electron chi connectivity index (χ2n) is 9.61. The topological polar surface area (TPSA) is 61.4 Å². The molecule has 2 N–H and O–H groups in total. The van der Waals surface area contributed by atoms with Gasteiger partial charge in [-0.05, 0) is 39.2 Å². The van der Waals surface area contributed by atoms with Gasteiger partial charge in [-0.1, -0.05) is 109 Å². The number of nitrogens with zero attached hydrogens (tertiary/aromatic N) is 1. The highest BCUT2D eigenvalue weighted by Crippen LogP contribution is 2.40. The molecule has 1 aromatic heterocycles. The van der Waals surface area contributed by atoms with Crippen LogP contribution in [0.3, 0.4) is 0 Å². The van der Waals surface area contributed by atoms with Gasteiger partial charge >= 0.3 is 0 Å². The molecule has 0 bridgehead atoms. The zero-order chi connectivity index (χ0) is 26.3. The van der Waals surface area contributed by atoms with E-state index in [9.17, 15) is 0 Å². The molecule has 0 atom stereocenters. The third-order valence-electron chi connectivity index (χ3n) is 7.33. The molecular formula is C35H25N3O. The fraction of sp³-hybridized carbons (Fsp3) is 0.0286. The zero-order valence-corrected chi connectivity index (χ0v) is 21.4. The molecule has 0 aliphatic heterocycles. The maximum atomic E-state index is 9.08. The zero-order valence-electron chi connectivity index (χ0n) is 21.4. The number of hydrogen-bond acceptors (Lipinski definition) is 2. The predicted molar refractivity (Wildman–Crippen MR) is 163 cm³/mol.